The van der Waals surface area contributed by atoms with Crippen molar-refractivity contribution >= 4 is 11.0 Å². The Kier molecular flexibility index (Phi) is 1.61. The summed E-state index contributed by atoms with van der Waals surface area (Å²) in [6, 6.07) is 4.24. The van der Waals surface area contributed by atoms with Gasteiger partial charge in [-0.25, -0.2) is 4.98 Å². The van der Waals surface area contributed by atoms with Crippen LogP contribution in [0.15, 0.2) is 18.3 Å². The molecule has 0 spiro atoms. The van der Waals surface area contributed by atoms with E-state index in [1.54, 1.807) is 0 Å². The summed E-state index contributed by atoms with van der Waals surface area (Å²) >= 11 is 0. The first-order chi connectivity index (χ1) is 6.86. The highest BCUT2D eigenvalue weighted by atomic mass is 16.5. The first-order valence-electron chi connectivity index (χ1n) is 4.88. The summed E-state index contributed by atoms with van der Waals surface area (Å²) in [5.74, 6) is 0. The minimum absolute atomic E-state index is 0.718. The fraction of sp³-hybridized carbons (Fsp3) is 0.364. The average Bonchev–Trinajstić information content (AvgIpc) is 2.59. The molecule has 72 valence electrons. The van der Waals surface area contributed by atoms with Crippen molar-refractivity contribution in [3.05, 3.63) is 29.6 Å². The predicted octanol–water partition coefficient (Wildman–Crippen LogP) is 1.87. The van der Waals surface area contributed by atoms with Crippen LogP contribution in [0.25, 0.3) is 11.0 Å². The van der Waals surface area contributed by atoms with Crippen LogP contribution < -0.4 is 0 Å². The Morgan fingerprint density at radius 2 is 2.43 bits per heavy atom. The van der Waals surface area contributed by atoms with Crippen LogP contribution in [-0.4, -0.2) is 16.2 Å². The number of hydrogen-bond acceptors (Lipinski definition) is 2. The third kappa shape index (κ3) is 0.990. The number of rotatable bonds is 0. The number of hydrogen-bond donors (Lipinski definition) is 0. The van der Waals surface area contributed by atoms with Gasteiger partial charge in [-0.2, -0.15) is 0 Å². The van der Waals surface area contributed by atoms with Gasteiger partial charge in [0.2, 0.25) is 0 Å². The second-order valence-corrected chi connectivity index (χ2v) is 3.71. The van der Waals surface area contributed by atoms with Gasteiger partial charge in [0.25, 0.3) is 0 Å². The molecule has 1 aliphatic heterocycles. The van der Waals surface area contributed by atoms with Crippen molar-refractivity contribution in [2.45, 2.75) is 20.1 Å². The van der Waals surface area contributed by atoms with E-state index in [1.165, 1.54) is 16.6 Å². The molecule has 2 aromatic rings. The molecule has 0 unspecified atom stereocenters. The van der Waals surface area contributed by atoms with E-state index in [2.05, 4.69) is 28.6 Å². The minimum atomic E-state index is 0.718. The predicted molar refractivity (Wildman–Crippen MR) is 54.1 cm³/mol. The molecule has 3 heterocycles. The van der Waals surface area contributed by atoms with Gasteiger partial charge in [-0.1, -0.05) is 0 Å². The number of pyridine rings is 1. The zero-order valence-corrected chi connectivity index (χ0v) is 8.16. The van der Waals surface area contributed by atoms with Crippen LogP contribution in [0.3, 0.4) is 0 Å². The third-order valence-electron chi connectivity index (χ3n) is 2.81. The molecule has 2 aromatic heterocycles. The van der Waals surface area contributed by atoms with Crippen LogP contribution in [0.5, 0.6) is 0 Å². The zero-order chi connectivity index (χ0) is 9.54. The largest absolute Gasteiger partial charge is 0.373 e. The van der Waals surface area contributed by atoms with E-state index in [0.29, 0.717) is 0 Å². The van der Waals surface area contributed by atoms with E-state index < -0.39 is 0 Å². The Labute approximate surface area is 82.3 Å². The fourth-order valence-corrected chi connectivity index (χ4v) is 2.03. The summed E-state index contributed by atoms with van der Waals surface area (Å²) in [7, 11) is 0. The average molecular weight is 188 g/mol. The van der Waals surface area contributed by atoms with Gasteiger partial charge in [0.05, 0.1) is 13.2 Å². The molecular formula is C11H12N2O. The van der Waals surface area contributed by atoms with E-state index in [4.69, 9.17) is 4.74 Å². The van der Waals surface area contributed by atoms with E-state index >= 15 is 0 Å². The van der Waals surface area contributed by atoms with E-state index in [0.717, 1.165) is 25.4 Å². The third-order valence-corrected chi connectivity index (χ3v) is 2.81. The maximum Gasteiger partial charge on any atom is 0.140 e. The van der Waals surface area contributed by atoms with Crippen LogP contribution in [-0.2, 0) is 17.9 Å². The Balaban J connectivity index is 2.36. The van der Waals surface area contributed by atoms with Crippen LogP contribution in [0, 0.1) is 6.92 Å². The Bertz CT molecular complexity index is 487. The van der Waals surface area contributed by atoms with Gasteiger partial charge in [-0.15, -0.1) is 0 Å². The summed E-state index contributed by atoms with van der Waals surface area (Å²) in [4.78, 5) is 4.42. The lowest BCUT2D eigenvalue weighted by molar-refractivity contribution is 0.0863. The minimum Gasteiger partial charge on any atom is -0.373 e. The van der Waals surface area contributed by atoms with Crippen molar-refractivity contribution < 1.29 is 4.74 Å². The first-order valence-corrected chi connectivity index (χ1v) is 4.88. The number of aryl methyl sites for hydroxylation is 1. The van der Waals surface area contributed by atoms with Crippen molar-refractivity contribution in [2.75, 3.05) is 6.61 Å². The lowest BCUT2D eigenvalue weighted by atomic mass is 10.2. The molecule has 3 nitrogen and oxygen atoms in total. The first kappa shape index (κ1) is 8.00. The van der Waals surface area contributed by atoms with E-state index in [1.807, 2.05) is 6.20 Å². The monoisotopic (exact) mass is 188 g/mol. The molecule has 0 bridgehead atoms. The smallest absolute Gasteiger partial charge is 0.140 e. The molecule has 0 saturated heterocycles. The molecule has 0 N–H and O–H groups in total. The highest BCUT2D eigenvalue weighted by molar-refractivity contribution is 5.81. The quantitative estimate of drug-likeness (QED) is 0.631. The Morgan fingerprint density at radius 3 is 3.36 bits per heavy atom. The molecule has 0 atom stereocenters. The molecule has 3 rings (SSSR count). The summed E-state index contributed by atoms with van der Waals surface area (Å²) in [6.07, 6.45) is 1.88. The van der Waals surface area contributed by atoms with Gasteiger partial charge in [0.15, 0.2) is 0 Å². The highest BCUT2D eigenvalue weighted by Crippen LogP contribution is 2.23. The molecule has 0 radical (unpaired) electrons. The number of nitrogens with zero attached hydrogens (tertiary/aromatic N) is 2. The second-order valence-electron chi connectivity index (χ2n) is 3.71. The molecule has 0 fully saturated rings. The number of ether oxygens (including phenoxy) is 1. The zero-order valence-electron chi connectivity index (χ0n) is 8.16. The van der Waals surface area contributed by atoms with Gasteiger partial charge in [-0.3, -0.25) is 0 Å². The molecule has 0 aliphatic carbocycles. The van der Waals surface area contributed by atoms with E-state index in [9.17, 15) is 0 Å². The standard InChI is InChI=1S/C11H12N2O/c1-8-2-3-12-11-10(8)6-9-7-14-5-4-13(9)11/h2-3,6H,4-5,7H2,1H3. The normalized spacial score (nSPS) is 15.8. The summed E-state index contributed by atoms with van der Waals surface area (Å²) in [5, 5.41) is 1.26. The Hall–Kier alpha value is -1.35. The van der Waals surface area contributed by atoms with Crippen LogP contribution in [0.4, 0.5) is 0 Å². The second kappa shape index (κ2) is 2.82. The van der Waals surface area contributed by atoms with Crippen LogP contribution in [0.2, 0.25) is 0 Å². The summed E-state index contributed by atoms with van der Waals surface area (Å²) in [5.41, 5.74) is 3.63. The van der Waals surface area contributed by atoms with Gasteiger partial charge in [0, 0.05) is 23.8 Å². The molecule has 0 saturated carbocycles. The van der Waals surface area contributed by atoms with Gasteiger partial charge < -0.3 is 9.30 Å². The maximum absolute atomic E-state index is 5.42. The van der Waals surface area contributed by atoms with Crippen molar-refractivity contribution in [3.63, 3.8) is 0 Å². The molecule has 3 heteroatoms. The molecule has 14 heavy (non-hydrogen) atoms. The SMILES string of the molecule is Cc1ccnc2c1cc1n2CCOC1. The maximum atomic E-state index is 5.42. The summed E-state index contributed by atoms with van der Waals surface area (Å²) < 4.78 is 7.67. The van der Waals surface area contributed by atoms with Crippen LogP contribution in [0.1, 0.15) is 11.3 Å². The van der Waals surface area contributed by atoms with Crippen molar-refractivity contribution in [2.24, 2.45) is 0 Å². The number of aromatic nitrogens is 2. The van der Waals surface area contributed by atoms with Crippen molar-refractivity contribution in [1.29, 1.82) is 0 Å². The summed E-state index contributed by atoms with van der Waals surface area (Å²) in [6.45, 7) is 4.56. The van der Waals surface area contributed by atoms with Crippen molar-refractivity contribution in [3.8, 4) is 0 Å². The lowest BCUT2D eigenvalue weighted by Crippen LogP contribution is -2.15. The Morgan fingerprint density at radius 1 is 1.50 bits per heavy atom. The topological polar surface area (TPSA) is 27.1 Å². The van der Waals surface area contributed by atoms with Gasteiger partial charge in [-0.05, 0) is 24.6 Å². The van der Waals surface area contributed by atoms with Crippen molar-refractivity contribution in [1.82, 2.24) is 9.55 Å². The lowest BCUT2D eigenvalue weighted by Gasteiger charge is -2.15. The molecular weight excluding hydrogens is 176 g/mol. The van der Waals surface area contributed by atoms with E-state index in [-0.39, 0.29) is 0 Å². The fourth-order valence-electron chi connectivity index (χ4n) is 2.03. The molecule has 1 aliphatic rings. The molecule has 0 aromatic carbocycles. The van der Waals surface area contributed by atoms with Gasteiger partial charge >= 0.3 is 0 Å². The molecule has 0 amide bonds. The number of fused-ring (bicyclic) bond motifs is 3. The van der Waals surface area contributed by atoms with Gasteiger partial charge in [0.1, 0.15) is 5.65 Å². The van der Waals surface area contributed by atoms with Crippen LogP contribution >= 0.6 is 0 Å². The highest BCUT2D eigenvalue weighted by Gasteiger charge is 2.14.